The molecule has 1 saturated heterocycles. The zero-order valence-corrected chi connectivity index (χ0v) is 8.70. The van der Waals surface area contributed by atoms with Crippen LogP contribution in [0, 0.1) is 5.82 Å². The fourth-order valence-corrected chi connectivity index (χ4v) is 1.65. The zero-order chi connectivity index (χ0) is 11.5. The smallest absolute Gasteiger partial charge is 0.253 e. The Hall–Kier alpha value is -1.62. The second kappa shape index (κ2) is 4.49. The SMILES string of the molecule is Nc1cc(F)ccc1NC(=O)C1CCCO1. The Kier molecular flexibility index (Phi) is 3.05. The average molecular weight is 224 g/mol. The van der Waals surface area contributed by atoms with E-state index in [-0.39, 0.29) is 11.6 Å². The molecule has 0 aromatic heterocycles. The van der Waals surface area contributed by atoms with Crippen LogP contribution in [-0.2, 0) is 9.53 Å². The second-order valence-corrected chi connectivity index (χ2v) is 3.72. The van der Waals surface area contributed by atoms with Crippen LogP contribution < -0.4 is 11.1 Å². The molecule has 1 aromatic carbocycles. The third-order valence-corrected chi connectivity index (χ3v) is 2.49. The third kappa shape index (κ3) is 2.30. The van der Waals surface area contributed by atoms with Gasteiger partial charge < -0.3 is 15.8 Å². The molecule has 86 valence electrons. The molecular formula is C11H13FN2O2. The monoisotopic (exact) mass is 224 g/mol. The summed E-state index contributed by atoms with van der Waals surface area (Å²) in [5.41, 5.74) is 6.21. The normalized spacial score (nSPS) is 19.7. The van der Waals surface area contributed by atoms with E-state index in [0.717, 1.165) is 6.42 Å². The van der Waals surface area contributed by atoms with Crippen molar-refractivity contribution in [3.05, 3.63) is 24.0 Å². The molecule has 1 atom stereocenters. The van der Waals surface area contributed by atoms with Gasteiger partial charge in [-0.2, -0.15) is 0 Å². The molecule has 2 rings (SSSR count). The number of anilines is 2. The van der Waals surface area contributed by atoms with Crippen LogP contribution in [-0.4, -0.2) is 18.6 Å². The molecule has 4 nitrogen and oxygen atoms in total. The predicted molar refractivity (Wildman–Crippen MR) is 58.4 cm³/mol. The molecule has 16 heavy (non-hydrogen) atoms. The molecule has 1 fully saturated rings. The highest BCUT2D eigenvalue weighted by Gasteiger charge is 2.23. The maximum atomic E-state index is 12.8. The lowest BCUT2D eigenvalue weighted by Crippen LogP contribution is -2.27. The zero-order valence-electron chi connectivity index (χ0n) is 8.70. The van der Waals surface area contributed by atoms with Crippen molar-refractivity contribution in [2.75, 3.05) is 17.7 Å². The number of amides is 1. The van der Waals surface area contributed by atoms with Gasteiger partial charge in [0.15, 0.2) is 0 Å². The van der Waals surface area contributed by atoms with Gasteiger partial charge in [0, 0.05) is 6.61 Å². The van der Waals surface area contributed by atoms with Crippen LogP contribution in [0.25, 0.3) is 0 Å². The van der Waals surface area contributed by atoms with Crippen LogP contribution in [0.15, 0.2) is 18.2 Å². The molecular weight excluding hydrogens is 211 g/mol. The molecule has 1 aromatic rings. The number of nitrogens with one attached hydrogen (secondary N) is 1. The molecule has 0 spiro atoms. The van der Waals surface area contributed by atoms with E-state index in [1.165, 1.54) is 18.2 Å². The quantitative estimate of drug-likeness (QED) is 0.749. The first-order chi connectivity index (χ1) is 7.66. The molecule has 1 amide bonds. The first kappa shape index (κ1) is 10.9. The minimum Gasteiger partial charge on any atom is -0.397 e. The van der Waals surface area contributed by atoms with Crippen molar-refractivity contribution in [3.8, 4) is 0 Å². The summed E-state index contributed by atoms with van der Waals surface area (Å²) in [6, 6.07) is 3.87. The number of halogens is 1. The van der Waals surface area contributed by atoms with Crippen LogP contribution in [0.2, 0.25) is 0 Å². The Bertz CT molecular complexity index is 403. The summed E-state index contributed by atoms with van der Waals surface area (Å²) in [5.74, 6) is -0.650. The van der Waals surface area contributed by atoms with E-state index in [1.807, 2.05) is 0 Å². The first-order valence-electron chi connectivity index (χ1n) is 5.14. The largest absolute Gasteiger partial charge is 0.397 e. The van der Waals surface area contributed by atoms with E-state index in [0.29, 0.717) is 18.7 Å². The lowest BCUT2D eigenvalue weighted by molar-refractivity contribution is -0.124. The molecule has 1 aliphatic rings. The number of ether oxygens (including phenoxy) is 1. The lowest BCUT2D eigenvalue weighted by atomic mass is 10.2. The average Bonchev–Trinajstić information content (AvgIpc) is 2.75. The van der Waals surface area contributed by atoms with Gasteiger partial charge >= 0.3 is 0 Å². The molecule has 0 saturated carbocycles. The third-order valence-electron chi connectivity index (χ3n) is 2.49. The van der Waals surface area contributed by atoms with Gasteiger partial charge in [-0.05, 0) is 31.0 Å². The minimum absolute atomic E-state index is 0.214. The number of rotatable bonds is 2. The van der Waals surface area contributed by atoms with Crippen molar-refractivity contribution in [2.45, 2.75) is 18.9 Å². The number of nitrogens with two attached hydrogens (primary N) is 1. The predicted octanol–water partition coefficient (Wildman–Crippen LogP) is 1.53. The molecule has 1 unspecified atom stereocenters. The summed E-state index contributed by atoms with van der Waals surface area (Å²) in [4.78, 5) is 11.7. The Morgan fingerprint density at radius 1 is 1.56 bits per heavy atom. The van der Waals surface area contributed by atoms with E-state index in [4.69, 9.17) is 10.5 Å². The van der Waals surface area contributed by atoms with Crippen molar-refractivity contribution in [3.63, 3.8) is 0 Å². The second-order valence-electron chi connectivity index (χ2n) is 3.72. The minimum atomic E-state index is -0.424. The van der Waals surface area contributed by atoms with Gasteiger partial charge in [0.05, 0.1) is 11.4 Å². The fourth-order valence-electron chi connectivity index (χ4n) is 1.65. The van der Waals surface area contributed by atoms with E-state index in [2.05, 4.69) is 5.32 Å². The lowest BCUT2D eigenvalue weighted by Gasteiger charge is -2.11. The summed E-state index contributed by atoms with van der Waals surface area (Å²) in [7, 11) is 0. The highest BCUT2D eigenvalue weighted by Crippen LogP contribution is 2.21. The number of hydrogen-bond donors (Lipinski definition) is 2. The molecule has 1 aliphatic heterocycles. The Labute approximate surface area is 92.6 Å². The highest BCUT2D eigenvalue weighted by atomic mass is 19.1. The summed E-state index contributed by atoms with van der Waals surface area (Å²) in [6.07, 6.45) is 1.19. The van der Waals surface area contributed by atoms with E-state index < -0.39 is 11.9 Å². The molecule has 5 heteroatoms. The van der Waals surface area contributed by atoms with E-state index >= 15 is 0 Å². The van der Waals surface area contributed by atoms with Crippen LogP contribution >= 0.6 is 0 Å². The molecule has 0 radical (unpaired) electrons. The van der Waals surface area contributed by atoms with Crippen LogP contribution in [0.1, 0.15) is 12.8 Å². The van der Waals surface area contributed by atoms with Crippen LogP contribution in [0.5, 0.6) is 0 Å². The van der Waals surface area contributed by atoms with Crippen molar-refractivity contribution >= 4 is 17.3 Å². The van der Waals surface area contributed by atoms with Crippen LogP contribution in [0.3, 0.4) is 0 Å². The summed E-state index contributed by atoms with van der Waals surface area (Å²) < 4.78 is 18.0. The van der Waals surface area contributed by atoms with E-state index in [1.54, 1.807) is 0 Å². The van der Waals surface area contributed by atoms with Crippen molar-refractivity contribution in [1.82, 2.24) is 0 Å². The van der Waals surface area contributed by atoms with Crippen molar-refractivity contribution in [2.24, 2.45) is 0 Å². The number of hydrogen-bond acceptors (Lipinski definition) is 3. The van der Waals surface area contributed by atoms with Gasteiger partial charge in [0.1, 0.15) is 11.9 Å². The summed E-state index contributed by atoms with van der Waals surface area (Å²) in [6.45, 7) is 0.608. The van der Waals surface area contributed by atoms with E-state index in [9.17, 15) is 9.18 Å². The molecule has 1 heterocycles. The maximum Gasteiger partial charge on any atom is 0.253 e. The fraction of sp³-hybridized carbons (Fsp3) is 0.364. The summed E-state index contributed by atoms with van der Waals surface area (Å²) >= 11 is 0. The number of benzene rings is 1. The first-order valence-corrected chi connectivity index (χ1v) is 5.14. The van der Waals surface area contributed by atoms with Gasteiger partial charge in [0.25, 0.3) is 5.91 Å². The van der Waals surface area contributed by atoms with Crippen molar-refractivity contribution in [1.29, 1.82) is 0 Å². The van der Waals surface area contributed by atoms with Crippen LogP contribution in [0.4, 0.5) is 15.8 Å². The Morgan fingerprint density at radius 2 is 2.38 bits per heavy atom. The Balaban J connectivity index is 2.05. The molecule has 0 aliphatic carbocycles. The van der Waals surface area contributed by atoms with Gasteiger partial charge in [-0.25, -0.2) is 4.39 Å². The Morgan fingerprint density at radius 3 is 3.00 bits per heavy atom. The van der Waals surface area contributed by atoms with Gasteiger partial charge in [-0.1, -0.05) is 0 Å². The van der Waals surface area contributed by atoms with Gasteiger partial charge in [0.2, 0.25) is 0 Å². The standard InChI is InChI=1S/C11H13FN2O2/c12-7-3-4-9(8(13)6-7)14-11(15)10-2-1-5-16-10/h3-4,6,10H,1-2,5,13H2,(H,14,15). The summed E-state index contributed by atoms with van der Waals surface area (Å²) in [5, 5.41) is 2.62. The number of carbonyl (C=O) groups excluding carboxylic acids is 1. The van der Waals surface area contributed by atoms with Gasteiger partial charge in [-0.3, -0.25) is 4.79 Å². The number of nitrogen functional groups attached to an aromatic ring is 1. The topological polar surface area (TPSA) is 64.3 Å². The van der Waals surface area contributed by atoms with Crippen molar-refractivity contribution < 1.29 is 13.9 Å². The highest BCUT2D eigenvalue weighted by molar-refractivity contribution is 5.96. The molecule has 3 N–H and O–H groups in total. The maximum absolute atomic E-state index is 12.8. The van der Waals surface area contributed by atoms with Gasteiger partial charge in [-0.15, -0.1) is 0 Å². The molecule has 0 bridgehead atoms. The number of carbonyl (C=O) groups is 1.